The number of aryl methyl sites for hydroxylation is 2. The van der Waals surface area contributed by atoms with E-state index >= 15 is 0 Å². The number of carbonyl (C=O) groups is 1. The lowest BCUT2D eigenvalue weighted by molar-refractivity contribution is 0.0951. The summed E-state index contributed by atoms with van der Waals surface area (Å²) in [5.74, 6) is 0.600. The van der Waals surface area contributed by atoms with Gasteiger partial charge in [-0.25, -0.2) is 0 Å². The van der Waals surface area contributed by atoms with E-state index in [-0.39, 0.29) is 5.91 Å². The first-order valence-corrected chi connectivity index (χ1v) is 7.48. The van der Waals surface area contributed by atoms with E-state index in [1.165, 1.54) is 5.56 Å². The van der Waals surface area contributed by atoms with Crippen LogP contribution in [0.4, 0.5) is 0 Å². The van der Waals surface area contributed by atoms with E-state index in [1.54, 1.807) is 12.5 Å². The minimum absolute atomic E-state index is 0.0950. The standard InChI is InChI=1S/C19H18N2O2/c1-13-7-8-15(11-14(13)2)19(22)21-12-16-5-3-9-20-18(16)17-6-4-10-23-17/h3-11H,12H2,1-2H3,(H,21,22). The normalized spacial score (nSPS) is 10.5. The topological polar surface area (TPSA) is 55.1 Å². The third-order valence-corrected chi connectivity index (χ3v) is 3.85. The fourth-order valence-electron chi connectivity index (χ4n) is 2.38. The summed E-state index contributed by atoms with van der Waals surface area (Å²) in [6.45, 7) is 4.43. The van der Waals surface area contributed by atoms with Crippen molar-refractivity contribution in [3.63, 3.8) is 0 Å². The molecule has 0 radical (unpaired) electrons. The van der Waals surface area contributed by atoms with Crippen LogP contribution in [0.2, 0.25) is 0 Å². The third-order valence-electron chi connectivity index (χ3n) is 3.85. The number of pyridine rings is 1. The Morgan fingerprint density at radius 1 is 1.13 bits per heavy atom. The van der Waals surface area contributed by atoms with E-state index in [0.717, 1.165) is 16.8 Å². The van der Waals surface area contributed by atoms with Crippen molar-refractivity contribution in [2.24, 2.45) is 0 Å². The Morgan fingerprint density at radius 3 is 2.74 bits per heavy atom. The summed E-state index contributed by atoms with van der Waals surface area (Å²) < 4.78 is 5.41. The van der Waals surface area contributed by atoms with Gasteiger partial charge in [0.25, 0.3) is 5.91 Å². The maximum absolute atomic E-state index is 12.3. The van der Waals surface area contributed by atoms with Crippen molar-refractivity contribution in [3.8, 4) is 11.5 Å². The average Bonchev–Trinajstić information content (AvgIpc) is 3.10. The quantitative estimate of drug-likeness (QED) is 0.795. The van der Waals surface area contributed by atoms with Gasteiger partial charge in [-0.3, -0.25) is 9.78 Å². The Hall–Kier alpha value is -2.88. The van der Waals surface area contributed by atoms with Crippen molar-refractivity contribution < 1.29 is 9.21 Å². The van der Waals surface area contributed by atoms with Crippen molar-refractivity contribution >= 4 is 5.91 Å². The SMILES string of the molecule is Cc1ccc(C(=O)NCc2cccnc2-c2ccco2)cc1C. The maximum atomic E-state index is 12.3. The highest BCUT2D eigenvalue weighted by atomic mass is 16.3. The summed E-state index contributed by atoms with van der Waals surface area (Å²) in [5.41, 5.74) is 4.61. The molecule has 0 saturated heterocycles. The summed E-state index contributed by atoms with van der Waals surface area (Å²) in [7, 11) is 0. The van der Waals surface area contributed by atoms with E-state index in [1.807, 2.05) is 56.3 Å². The molecule has 0 unspecified atom stereocenters. The molecule has 0 bridgehead atoms. The summed E-state index contributed by atoms with van der Waals surface area (Å²) in [4.78, 5) is 16.7. The molecular formula is C19H18N2O2. The van der Waals surface area contributed by atoms with Crippen molar-refractivity contribution in [3.05, 3.63) is 77.2 Å². The first-order chi connectivity index (χ1) is 11.1. The lowest BCUT2D eigenvalue weighted by Crippen LogP contribution is -2.23. The number of nitrogens with zero attached hydrogens (tertiary/aromatic N) is 1. The van der Waals surface area contributed by atoms with Gasteiger partial charge < -0.3 is 9.73 Å². The van der Waals surface area contributed by atoms with Crippen LogP contribution < -0.4 is 5.32 Å². The van der Waals surface area contributed by atoms with Gasteiger partial charge in [0.2, 0.25) is 0 Å². The van der Waals surface area contributed by atoms with Crippen molar-refractivity contribution in [1.82, 2.24) is 10.3 Å². The van der Waals surface area contributed by atoms with Crippen LogP contribution in [-0.2, 0) is 6.54 Å². The Bertz CT molecular complexity index is 823. The smallest absolute Gasteiger partial charge is 0.251 e. The van der Waals surface area contributed by atoms with Crippen molar-refractivity contribution in [1.29, 1.82) is 0 Å². The average molecular weight is 306 g/mol. The van der Waals surface area contributed by atoms with Gasteiger partial charge in [-0.15, -0.1) is 0 Å². The van der Waals surface area contributed by atoms with Crippen LogP contribution in [0, 0.1) is 13.8 Å². The molecule has 1 aromatic carbocycles. The lowest BCUT2D eigenvalue weighted by atomic mass is 10.1. The van der Waals surface area contributed by atoms with Crippen LogP contribution in [0.1, 0.15) is 27.0 Å². The molecule has 4 heteroatoms. The number of hydrogen-bond acceptors (Lipinski definition) is 3. The van der Waals surface area contributed by atoms with Gasteiger partial charge in [-0.05, 0) is 55.3 Å². The van der Waals surface area contributed by atoms with Crippen LogP contribution in [0.25, 0.3) is 11.5 Å². The van der Waals surface area contributed by atoms with E-state index in [0.29, 0.717) is 17.9 Å². The van der Waals surface area contributed by atoms with E-state index in [4.69, 9.17) is 4.42 Å². The number of rotatable bonds is 4. The number of hydrogen-bond donors (Lipinski definition) is 1. The zero-order chi connectivity index (χ0) is 16.2. The fraction of sp³-hybridized carbons (Fsp3) is 0.158. The number of benzene rings is 1. The zero-order valence-corrected chi connectivity index (χ0v) is 13.2. The molecule has 2 aromatic heterocycles. The predicted octanol–water partition coefficient (Wildman–Crippen LogP) is 3.89. The van der Waals surface area contributed by atoms with Gasteiger partial charge in [0.15, 0.2) is 5.76 Å². The predicted molar refractivity (Wildman–Crippen MR) is 89.0 cm³/mol. The number of nitrogens with one attached hydrogen (secondary N) is 1. The summed E-state index contributed by atoms with van der Waals surface area (Å²) >= 11 is 0. The van der Waals surface area contributed by atoms with Gasteiger partial charge in [0.05, 0.1) is 6.26 Å². The minimum Gasteiger partial charge on any atom is -0.463 e. The lowest BCUT2D eigenvalue weighted by Gasteiger charge is -2.09. The van der Waals surface area contributed by atoms with Gasteiger partial charge >= 0.3 is 0 Å². The second-order valence-electron chi connectivity index (χ2n) is 5.47. The minimum atomic E-state index is -0.0950. The second kappa shape index (κ2) is 6.48. The van der Waals surface area contributed by atoms with Gasteiger partial charge in [-0.2, -0.15) is 0 Å². The highest BCUT2D eigenvalue weighted by molar-refractivity contribution is 5.94. The summed E-state index contributed by atoms with van der Waals surface area (Å²) in [6, 6.07) is 13.2. The number of carbonyl (C=O) groups excluding carboxylic acids is 1. The number of furan rings is 1. The van der Waals surface area contributed by atoms with Crippen LogP contribution >= 0.6 is 0 Å². The number of amides is 1. The molecule has 3 rings (SSSR count). The highest BCUT2D eigenvalue weighted by Crippen LogP contribution is 2.21. The molecule has 2 heterocycles. The monoisotopic (exact) mass is 306 g/mol. The van der Waals surface area contributed by atoms with Crippen LogP contribution in [0.3, 0.4) is 0 Å². The molecule has 0 aliphatic rings. The van der Waals surface area contributed by atoms with Gasteiger partial charge in [0, 0.05) is 23.9 Å². The number of aromatic nitrogens is 1. The molecule has 0 spiro atoms. The first kappa shape index (κ1) is 15.0. The molecule has 0 fully saturated rings. The van der Waals surface area contributed by atoms with E-state index in [2.05, 4.69) is 10.3 Å². The first-order valence-electron chi connectivity index (χ1n) is 7.48. The molecule has 0 atom stereocenters. The Kier molecular flexibility index (Phi) is 4.24. The molecule has 1 N–H and O–H groups in total. The van der Waals surface area contributed by atoms with Crippen LogP contribution in [0.5, 0.6) is 0 Å². The van der Waals surface area contributed by atoms with E-state index < -0.39 is 0 Å². The molecule has 0 saturated carbocycles. The zero-order valence-electron chi connectivity index (χ0n) is 13.2. The van der Waals surface area contributed by atoms with Crippen molar-refractivity contribution in [2.75, 3.05) is 0 Å². The summed E-state index contributed by atoms with van der Waals surface area (Å²) in [6.07, 6.45) is 3.33. The van der Waals surface area contributed by atoms with Crippen LogP contribution in [-0.4, -0.2) is 10.9 Å². The Balaban J connectivity index is 1.76. The summed E-state index contributed by atoms with van der Waals surface area (Å²) in [5, 5.41) is 2.94. The van der Waals surface area contributed by atoms with Crippen molar-refractivity contribution in [2.45, 2.75) is 20.4 Å². The molecule has 3 aromatic rings. The fourth-order valence-corrected chi connectivity index (χ4v) is 2.38. The van der Waals surface area contributed by atoms with Gasteiger partial charge in [0.1, 0.15) is 5.69 Å². The largest absolute Gasteiger partial charge is 0.463 e. The van der Waals surface area contributed by atoms with Gasteiger partial charge in [-0.1, -0.05) is 12.1 Å². The van der Waals surface area contributed by atoms with Crippen LogP contribution in [0.15, 0.2) is 59.3 Å². The molecule has 0 aliphatic heterocycles. The molecule has 23 heavy (non-hydrogen) atoms. The molecule has 1 amide bonds. The molecule has 0 aliphatic carbocycles. The molecule has 4 nitrogen and oxygen atoms in total. The Morgan fingerprint density at radius 2 is 2.00 bits per heavy atom. The van der Waals surface area contributed by atoms with E-state index in [9.17, 15) is 4.79 Å². The third kappa shape index (κ3) is 3.31. The highest BCUT2D eigenvalue weighted by Gasteiger charge is 2.11. The second-order valence-corrected chi connectivity index (χ2v) is 5.47. The Labute approximate surface area is 135 Å². The molecular weight excluding hydrogens is 288 g/mol. The molecule has 116 valence electrons. The maximum Gasteiger partial charge on any atom is 0.251 e.